The zero-order chi connectivity index (χ0) is 9.84. The molecule has 1 aromatic rings. The van der Waals surface area contributed by atoms with Gasteiger partial charge in [0.15, 0.2) is 0 Å². The third-order valence-corrected chi connectivity index (χ3v) is 1.94. The van der Waals surface area contributed by atoms with Crippen LogP contribution >= 0.6 is 0 Å². The highest BCUT2D eigenvalue weighted by Crippen LogP contribution is 2.13. The summed E-state index contributed by atoms with van der Waals surface area (Å²) in [5, 5.41) is 9.25. The van der Waals surface area contributed by atoms with Gasteiger partial charge in [-0.1, -0.05) is 30.3 Å². The third-order valence-electron chi connectivity index (χ3n) is 1.94. The van der Waals surface area contributed by atoms with Crippen LogP contribution in [0.4, 0.5) is 0 Å². The summed E-state index contributed by atoms with van der Waals surface area (Å²) < 4.78 is 0. The van der Waals surface area contributed by atoms with Crippen molar-refractivity contribution < 1.29 is 5.11 Å². The summed E-state index contributed by atoms with van der Waals surface area (Å²) in [4.78, 5) is 0. The minimum absolute atomic E-state index is 0.201. The quantitative estimate of drug-likeness (QED) is 0.538. The van der Waals surface area contributed by atoms with Crippen LogP contribution in [-0.4, -0.2) is 5.11 Å². The Bertz CT molecular complexity index is 348. The molecule has 1 nitrogen and oxygen atoms in total. The molecule has 13 heavy (non-hydrogen) atoms. The predicted octanol–water partition coefficient (Wildman–Crippen LogP) is 3.39. The molecule has 0 aliphatic heterocycles. The van der Waals surface area contributed by atoms with E-state index in [4.69, 9.17) is 0 Å². The Morgan fingerprint density at radius 1 is 1.38 bits per heavy atom. The lowest BCUT2D eigenvalue weighted by molar-refractivity contribution is 0.438. The Labute approximate surface area is 79.0 Å². The number of aliphatic hydroxyl groups excluding tert-OH is 1. The summed E-state index contributed by atoms with van der Waals surface area (Å²) >= 11 is 0. The van der Waals surface area contributed by atoms with Crippen LogP contribution in [0, 0.1) is 13.8 Å². The van der Waals surface area contributed by atoms with Crippen molar-refractivity contribution in [3.63, 3.8) is 0 Å². The fourth-order valence-electron chi connectivity index (χ4n) is 1.21. The number of benzene rings is 1. The summed E-state index contributed by atoms with van der Waals surface area (Å²) in [6.07, 6.45) is 3.14. The lowest BCUT2D eigenvalue weighted by Gasteiger charge is -2.01. The van der Waals surface area contributed by atoms with Gasteiger partial charge in [0.05, 0.1) is 0 Å². The molecule has 0 aromatic heterocycles. The second-order valence-corrected chi connectivity index (χ2v) is 3.13. The van der Waals surface area contributed by atoms with E-state index in [1.54, 1.807) is 6.08 Å². The van der Waals surface area contributed by atoms with Crippen LogP contribution in [0.3, 0.4) is 0 Å². The first-order valence-electron chi connectivity index (χ1n) is 4.24. The highest BCUT2D eigenvalue weighted by Gasteiger charge is 1.95. The van der Waals surface area contributed by atoms with E-state index in [9.17, 15) is 5.11 Å². The molecule has 1 heteroatoms. The first kappa shape index (κ1) is 9.59. The van der Waals surface area contributed by atoms with Crippen LogP contribution in [0.2, 0.25) is 0 Å². The molecule has 68 valence electrons. The second-order valence-electron chi connectivity index (χ2n) is 3.13. The van der Waals surface area contributed by atoms with Crippen LogP contribution in [-0.2, 0) is 0 Å². The molecule has 0 unspecified atom stereocenters. The summed E-state index contributed by atoms with van der Waals surface area (Å²) in [5.41, 5.74) is 3.42. The van der Waals surface area contributed by atoms with Crippen molar-refractivity contribution in [1.29, 1.82) is 0 Å². The normalized spacial score (nSPS) is 11.4. The van der Waals surface area contributed by atoms with Crippen molar-refractivity contribution in [3.05, 3.63) is 53.3 Å². The van der Waals surface area contributed by atoms with Gasteiger partial charge in [-0.2, -0.15) is 0 Å². The molecule has 0 aliphatic carbocycles. The molecule has 0 aliphatic rings. The second kappa shape index (κ2) is 3.94. The Kier molecular flexibility index (Phi) is 2.91. The summed E-state index contributed by atoms with van der Waals surface area (Å²) in [6.45, 7) is 7.56. The highest BCUT2D eigenvalue weighted by molar-refractivity contribution is 5.57. The van der Waals surface area contributed by atoms with Gasteiger partial charge < -0.3 is 5.11 Å². The lowest BCUT2D eigenvalue weighted by Crippen LogP contribution is -1.83. The fraction of sp³-hybridized carbons (Fsp3) is 0.167. The average molecular weight is 174 g/mol. The first-order valence-corrected chi connectivity index (χ1v) is 4.24. The number of rotatable bonds is 2. The largest absolute Gasteiger partial charge is 0.508 e. The molecule has 0 saturated carbocycles. The molecule has 0 atom stereocenters. The Morgan fingerprint density at radius 3 is 2.62 bits per heavy atom. The van der Waals surface area contributed by atoms with E-state index in [-0.39, 0.29) is 5.76 Å². The molecular weight excluding hydrogens is 160 g/mol. The van der Waals surface area contributed by atoms with Crippen LogP contribution in [0.25, 0.3) is 6.08 Å². The van der Waals surface area contributed by atoms with E-state index < -0.39 is 0 Å². The SMILES string of the molecule is C=C/C(O)=C\c1ccc(C)cc1C. The van der Waals surface area contributed by atoms with Gasteiger partial charge in [-0.05, 0) is 37.1 Å². The van der Waals surface area contributed by atoms with Gasteiger partial charge in [0.2, 0.25) is 0 Å². The summed E-state index contributed by atoms with van der Waals surface area (Å²) in [6, 6.07) is 6.10. The van der Waals surface area contributed by atoms with Crippen molar-refractivity contribution in [1.82, 2.24) is 0 Å². The molecular formula is C12H14O. The van der Waals surface area contributed by atoms with Gasteiger partial charge in [-0.15, -0.1) is 0 Å². The van der Waals surface area contributed by atoms with Crippen molar-refractivity contribution >= 4 is 6.08 Å². The standard InChI is InChI=1S/C12H14O/c1-4-12(13)8-11-6-5-9(2)7-10(11)3/h4-8,13H,1H2,2-3H3/b12-8+. The van der Waals surface area contributed by atoms with Crippen LogP contribution in [0.5, 0.6) is 0 Å². The number of aryl methyl sites for hydroxylation is 2. The van der Waals surface area contributed by atoms with Crippen molar-refractivity contribution in [3.8, 4) is 0 Å². The maximum Gasteiger partial charge on any atom is 0.115 e. The molecule has 1 aromatic carbocycles. The molecule has 0 amide bonds. The Hall–Kier alpha value is -1.50. The molecule has 0 spiro atoms. The van der Waals surface area contributed by atoms with Crippen molar-refractivity contribution in [2.45, 2.75) is 13.8 Å². The third kappa shape index (κ3) is 2.48. The summed E-state index contributed by atoms with van der Waals surface area (Å²) in [5.74, 6) is 0.201. The van der Waals surface area contributed by atoms with Gasteiger partial charge in [0.25, 0.3) is 0 Å². The summed E-state index contributed by atoms with van der Waals surface area (Å²) in [7, 11) is 0. The maximum absolute atomic E-state index is 9.25. The topological polar surface area (TPSA) is 20.2 Å². The number of hydrogen-bond acceptors (Lipinski definition) is 1. The van der Waals surface area contributed by atoms with Crippen LogP contribution in [0.1, 0.15) is 16.7 Å². The molecule has 0 fully saturated rings. The van der Waals surface area contributed by atoms with Gasteiger partial charge in [-0.25, -0.2) is 0 Å². The van der Waals surface area contributed by atoms with E-state index in [1.165, 1.54) is 11.6 Å². The number of aliphatic hydroxyl groups is 1. The smallest absolute Gasteiger partial charge is 0.115 e. The minimum atomic E-state index is 0.201. The van der Waals surface area contributed by atoms with E-state index in [0.717, 1.165) is 11.1 Å². The van der Waals surface area contributed by atoms with Crippen molar-refractivity contribution in [2.24, 2.45) is 0 Å². The molecule has 0 radical (unpaired) electrons. The zero-order valence-corrected chi connectivity index (χ0v) is 8.04. The molecule has 0 bridgehead atoms. The fourth-order valence-corrected chi connectivity index (χ4v) is 1.21. The zero-order valence-electron chi connectivity index (χ0n) is 8.04. The highest BCUT2D eigenvalue weighted by atomic mass is 16.3. The van der Waals surface area contributed by atoms with Gasteiger partial charge in [0.1, 0.15) is 5.76 Å². The number of hydrogen-bond donors (Lipinski definition) is 1. The van der Waals surface area contributed by atoms with Crippen LogP contribution < -0.4 is 0 Å². The van der Waals surface area contributed by atoms with E-state index in [1.807, 2.05) is 26.0 Å². The Morgan fingerprint density at radius 2 is 2.08 bits per heavy atom. The number of allylic oxidation sites excluding steroid dienone is 1. The predicted molar refractivity (Wildman–Crippen MR) is 56.7 cm³/mol. The van der Waals surface area contributed by atoms with Crippen LogP contribution in [0.15, 0.2) is 36.6 Å². The molecule has 0 heterocycles. The van der Waals surface area contributed by atoms with Gasteiger partial charge in [-0.3, -0.25) is 0 Å². The Balaban J connectivity index is 3.09. The molecule has 1 N–H and O–H groups in total. The minimum Gasteiger partial charge on any atom is -0.508 e. The van der Waals surface area contributed by atoms with E-state index in [2.05, 4.69) is 12.6 Å². The van der Waals surface area contributed by atoms with E-state index >= 15 is 0 Å². The van der Waals surface area contributed by atoms with Gasteiger partial charge in [0, 0.05) is 0 Å². The average Bonchev–Trinajstić information content (AvgIpc) is 2.09. The van der Waals surface area contributed by atoms with Crippen molar-refractivity contribution in [2.75, 3.05) is 0 Å². The van der Waals surface area contributed by atoms with E-state index in [0.29, 0.717) is 0 Å². The lowest BCUT2D eigenvalue weighted by atomic mass is 10.1. The maximum atomic E-state index is 9.25. The first-order chi connectivity index (χ1) is 6.13. The monoisotopic (exact) mass is 174 g/mol. The molecule has 0 saturated heterocycles. The van der Waals surface area contributed by atoms with Gasteiger partial charge >= 0.3 is 0 Å². The molecule has 1 rings (SSSR count).